The molecule has 0 aromatic heterocycles. The van der Waals surface area contributed by atoms with Crippen molar-refractivity contribution in [3.63, 3.8) is 0 Å². The second-order valence-corrected chi connectivity index (χ2v) is 5.55. The van der Waals surface area contributed by atoms with Gasteiger partial charge in [-0.1, -0.05) is 6.07 Å². The number of amides is 2. The molecule has 0 aliphatic carbocycles. The Hall–Kier alpha value is -1.69. The number of carbonyl (C=O) groups is 2. The Bertz CT molecular complexity index is 519. The maximum absolute atomic E-state index is 12.1. The average molecular weight is 280 g/mol. The van der Waals surface area contributed by atoms with E-state index in [9.17, 15) is 9.59 Å². The molecular formula is C13H16N2O3S. The van der Waals surface area contributed by atoms with Crippen molar-refractivity contribution in [3.05, 3.63) is 29.3 Å². The van der Waals surface area contributed by atoms with Crippen LogP contribution < -0.4 is 5.32 Å². The number of aryl methyl sites for hydroxylation is 2. The zero-order valence-corrected chi connectivity index (χ0v) is 11.7. The van der Waals surface area contributed by atoms with Crippen molar-refractivity contribution >= 4 is 29.4 Å². The summed E-state index contributed by atoms with van der Waals surface area (Å²) in [5.74, 6) is -0.108. The van der Waals surface area contributed by atoms with Crippen LogP contribution >= 0.6 is 11.8 Å². The summed E-state index contributed by atoms with van der Waals surface area (Å²) in [6, 6.07) is 4.53. The van der Waals surface area contributed by atoms with Gasteiger partial charge in [0.25, 0.3) is 0 Å². The zero-order chi connectivity index (χ0) is 14.0. The third-order valence-corrected chi connectivity index (χ3v) is 4.20. The maximum Gasteiger partial charge on any atom is 0.327 e. The molecule has 1 aliphatic heterocycles. The Balaban J connectivity index is 2.08. The minimum Gasteiger partial charge on any atom is -0.480 e. The summed E-state index contributed by atoms with van der Waals surface area (Å²) in [4.78, 5) is 24.4. The number of benzene rings is 1. The second-order valence-electron chi connectivity index (χ2n) is 4.55. The third-order valence-electron chi connectivity index (χ3n) is 3.19. The molecule has 2 N–H and O–H groups in total. The Kier molecular flexibility index (Phi) is 3.99. The highest BCUT2D eigenvalue weighted by molar-refractivity contribution is 7.99. The van der Waals surface area contributed by atoms with Crippen molar-refractivity contribution in [2.75, 3.05) is 16.9 Å². The van der Waals surface area contributed by atoms with Crippen molar-refractivity contribution in [1.82, 2.24) is 4.90 Å². The SMILES string of the molecule is Cc1ccc(NC(=O)N2CSCC2C(=O)O)cc1C. The number of nitrogens with zero attached hydrogens (tertiary/aromatic N) is 1. The van der Waals surface area contributed by atoms with E-state index in [4.69, 9.17) is 5.11 Å². The molecule has 0 radical (unpaired) electrons. The van der Waals surface area contributed by atoms with E-state index >= 15 is 0 Å². The summed E-state index contributed by atoms with van der Waals surface area (Å²) in [6.45, 7) is 3.97. The van der Waals surface area contributed by atoms with Crippen LogP contribution in [0.15, 0.2) is 18.2 Å². The second kappa shape index (κ2) is 5.52. The smallest absolute Gasteiger partial charge is 0.327 e. The molecular weight excluding hydrogens is 264 g/mol. The summed E-state index contributed by atoms with van der Waals surface area (Å²) in [6.07, 6.45) is 0. The first-order valence-electron chi connectivity index (χ1n) is 5.94. The quantitative estimate of drug-likeness (QED) is 0.872. The highest BCUT2D eigenvalue weighted by Crippen LogP contribution is 2.22. The number of carboxylic acid groups (broad SMARTS) is 1. The van der Waals surface area contributed by atoms with E-state index in [2.05, 4.69) is 5.32 Å². The first-order valence-corrected chi connectivity index (χ1v) is 7.10. The molecule has 2 amide bonds. The summed E-state index contributed by atoms with van der Waals surface area (Å²) in [5.41, 5.74) is 2.93. The van der Waals surface area contributed by atoms with Crippen molar-refractivity contribution in [1.29, 1.82) is 0 Å². The number of anilines is 1. The summed E-state index contributed by atoms with van der Waals surface area (Å²) < 4.78 is 0. The molecule has 1 aliphatic rings. The van der Waals surface area contributed by atoms with Gasteiger partial charge in [-0.05, 0) is 37.1 Å². The minimum absolute atomic E-state index is 0.361. The van der Waals surface area contributed by atoms with Gasteiger partial charge in [-0.2, -0.15) is 0 Å². The first-order chi connectivity index (χ1) is 8.99. The molecule has 1 saturated heterocycles. The average Bonchev–Trinajstić information content (AvgIpc) is 2.83. The number of carboxylic acids is 1. The molecule has 102 valence electrons. The van der Waals surface area contributed by atoms with Crippen molar-refractivity contribution in [2.45, 2.75) is 19.9 Å². The molecule has 0 bridgehead atoms. The molecule has 1 fully saturated rings. The fourth-order valence-electron chi connectivity index (χ4n) is 1.86. The highest BCUT2D eigenvalue weighted by Gasteiger charge is 2.34. The van der Waals surface area contributed by atoms with Gasteiger partial charge in [0, 0.05) is 11.4 Å². The van der Waals surface area contributed by atoms with Gasteiger partial charge in [-0.25, -0.2) is 9.59 Å². The lowest BCUT2D eigenvalue weighted by Gasteiger charge is -2.21. The van der Waals surface area contributed by atoms with Crippen LogP contribution in [0.4, 0.5) is 10.5 Å². The molecule has 6 heteroatoms. The molecule has 2 rings (SSSR count). The molecule has 1 unspecified atom stereocenters. The Morgan fingerprint density at radius 1 is 1.37 bits per heavy atom. The van der Waals surface area contributed by atoms with Gasteiger partial charge in [0.15, 0.2) is 0 Å². The van der Waals surface area contributed by atoms with Gasteiger partial charge in [-0.15, -0.1) is 11.8 Å². The largest absolute Gasteiger partial charge is 0.480 e. The van der Waals surface area contributed by atoms with Crippen LogP contribution in [0.5, 0.6) is 0 Å². The third kappa shape index (κ3) is 3.01. The number of rotatable bonds is 2. The number of hydrogen-bond donors (Lipinski definition) is 2. The van der Waals surface area contributed by atoms with E-state index in [0.29, 0.717) is 17.3 Å². The van der Waals surface area contributed by atoms with Gasteiger partial charge < -0.3 is 15.3 Å². The number of thioether (sulfide) groups is 1. The van der Waals surface area contributed by atoms with Crippen LogP contribution in [0.3, 0.4) is 0 Å². The lowest BCUT2D eigenvalue weighted by atomic mass is 10.1. The van der Waals surface area contributed by atoms with Crippen LogP contribution in [-0.2, 0) is 4.79 Å². The van der Waals surface area contributed by atoms with Crippen molar-refractivity contribution in [2.24, 2.45) is 0 Å². The van der Waals surface area contributed by atoms with E-state index < -0.39 is 12.0 Å². The summed E-state index contributed by atoms with van der Waals surface area (Å²) in [7, 11) is 0. The normalized spacial score (nSPS) is 18.4. The molecule has 1 aromatic carbocycles. The van der Waals surface area contributed by atoms with Crippen molar-refractivity contribution in [3.8, 4) is 0 Å². The summed E-state index contributed by atoms with van der Waals surface area (Å²) in [5, 5.41) is 11.8. The predicted molar refractivity (Wildman–Crippen MR) is 75.5 cm³/mol. The number of nitrogens with one attached hydrogen (secondary N) is 1. The topological polar surface area (TPSA) is 69.6 Å². The molecule has 0 saturated carbocycles. The standard InChI is InChI=1S/C13H16N2O3S/c1-8-3-4-10(5-9(8)2)14-13(18)15-7-19-6-11(15)12(16)17/h3-5,11H,6-7H2,1-2H3,(H,14,18)(H,16,17). The van der Waals surface area contributed by atoms with Gasteiger partial charge in [0.1, 0.15) is 6.04 Å². The van der Waals surface area contributed by atoms with E-state index in [0.717, 1.165) is 11.1 Å². The highest BCUT2D eigenvalue weighted by atomic mass is 32.2. The Labute approximate surface area is 116 Å². The lowest BCUT2D eigenvalue weighted by Crippen LogP contribution is -2.43. The van der Waals surface area contributed by atoms with E-state index in [1.807, 2.05) is 32.0 Å². The lowest BCUT2D eigenvalue weighted by molar-refractivity contribution is -0.140. The van der Waals surface area contributed by atoms with Crippen LogP contribution in [-0.4, -0.2) is 39.7 Å². The molecule has 0 spiro atoms. The van der Waals surface area contributed by atoms with E-state index in [-0.39, 0.29) is 6.03 Å². The fourth-order valence-corrected chi connectivity index (χ4v) is 3.01. The van der Waals surface area contributed by atoms with Crippen LogP contribution in [0, 0.1) is 13.8 Å². The Morgan fingerprint density at radius 3 is 2.74 bits per heavy atom. The molecule has 19 heavy (non-hydrogen) atoms. The van der Waals surface area contributed by atoms with Crippen molar-refractivity contribution < 1.29 is 14.7 Å². The summed E-state index contributed by atoms with van der Waals surface area (Å²) >= 11 is 1.45. The van der Waals surface area contributed by atoms with Crippen LogP contribution in [0.2, 0.25) is 0 Å². The van der Waals surface area contributed by atoms with Gasteiger partial charge >= 0.3 is 12.0 Å². The minimum atomic E-state index is -0.958. The van der Waals surface area contributed by atoms with E-state index in [1.165, 1.54) is 16.7 Å². The van der Waals surface area contributed by atoms with Crippen LogP contribution in [0.1, 0.15) is 11.1 Å². The molecule has 1 atom stereocenters. The van der Waals surface area contributed by atoms with E-state index in [1.54, 1.807) is 0 Å². The number of aliphatic carboxylic acids is 1. The van der Waals surface area contributed by atoms with Crippen LogP contribution in [0.25, 0.3) is 0 Å². The monoisotopic (exact) mass is 280 g/mol. The number of hydrogen-bond acceptors (Lipinski definition) is 3. The fraction of sp³-hybridized carbons (Fsp3) is 0.385. The molecule has 1 aromatic rings. The zero-order valence-electron chi connectivity index (χ0n) is 10.8. The predicted octanol–water partition coefficient (Wildman–Crippen LogP) is 2.29. The Morgan fingerprint density at radius 2 is 2.11 bits per heavy atom. The maximum atomic E-state index is 12.1. The first kappa shape index (κ1) is 13.7. The number of urea groups is 1. The van der Waals surface area contributed by atoms with Gasteiger partial charge in [0.05, 0.1) is 5.88 Å². The van der Waals surface area contributed by atoms with Gasteiger partial charge in [0.2, 0.25) is 0 Å². The van der Waals surface area contributed by atoms with Gasteiger partial charge in [-0.3, -0.25) is 0 Å². The molecule has 5 nitrogen and oxygen atoms in total. The molecule has 1 heterocycles. The number of carbonyl (C=O) groups excluding carboxylic acids is 1.